The van der Waals surface area contributed by atoms with Gasteiger partial charge in [0.25, 0.3) is 11.6 Å². The molecule has 0 bridgehead atoms. The smallest absolute Gasteiger partial charge is 0.288 e. The van der Waals surface area contributed by atoms with E-state index in [1.165, 1.54) is 12.1 Å². The van der Waals surface area contributed by atoms with Gasteiger partial charge in [-0.1, -0.05) is 11.6 Å². The predicted molar refractivity (Wildman–Crippen MR) is 69.2 cm³/mol. The van der Waals surface area contributed by atoms with E-state index in [-0.39, 0.29) is 22.8 Å². The molecule has 0 spiro atoms. The Morgan fingerprint density at radius 2 is 2.21 bits per heavy atom. The molecule has 0 atom stereocenters. The first-order valence-electron chi connectivity index (χ1n) is 5.86. The Hall–Kier alpha value is -1.66. The third-order valence-corrected chi connectivity index (χ3v) is 3.59. The van der Waals surface area contributed by atoms with Crippen molar-refractivity contribution < 1.29 is 14.8 Å². The molecule has 0 unspecified atom stereocenters. The highest BCUT2D eigenvalue weighted by atomic mass is 35.5. The number of nitro groups is 1. The topological polar surface area (TPSA) is 92.5 Å². The average Bonchev–Trinajstić information content (AvgIpc) is 2.33. The Bertz CT molecular complexity index is 528. The molecule has 19 heavy (non-hydrogen) atoms. The van der Waals surface area contributed by atoms with Gasteiger partial charge in [0, 0.05) is 18.2 Å². The zero-order valence-electron chi connectivity index (χ0n) is 10.1. The molecule has 0 saturated heterocycles. The van der Waals surface area contributed by atoms with Crippen molar-refractivity contribution in [3.05, 3.63) is 38.9 Å². The molecule has 1 aromatic carbocycles. The molecule has 0 aromatic heterocycles. The van der Waals surface area contributed by atoms with E-state index < -0.39 is 16.4 Å². The van der Waals surface area contributed by atoms with Crippen molar-refractivity contribution in [2.75, 3.05) is 6.54 Å². The minimum atomic E-state index is -0.825. The molecule has 1 aliphatic rings. The number of nitrogens with one attached hydrogen (secondary N) is 1. The maximum Gasteiger partial charge on any atom is 0.288 e. The van der Waals surface area contributed by atoms with Crippen LogP contribution in [0, 0.1) is 10.1 Å². The number of benzene rings is 1. The summed E-state index contributed by atoms with van der Waals surface area (Å²) in [6, 6.07) is 3.85. The van der Waals surface area contributed by atoms with Crippen molar-refractivity contribution in [2.45, 2.75) is 24.9 Å². The Morgan fingerprint density at radius 3 is 2.74 bits per heavy atom. The van der Waals surface area contributed by atoms with E-state index in [9.17, 15) is 20.0 Å². The van der Waals surface area contributed by atoms with E-state index in [0.29, 0.717) is 12.8 Å². The first-order valence-corrected chi connectivity index (χ1v) is 6.24. The molecule has 1 aliphatic carbocycles. The molecule has 1 amide bonds. The summed E-state index contributed by atoms with van der Waals surface area (Å²) < 4.78 is 0. The SMILES string of the molecule is O=C(NCC1(O)CCC1)c1ccc(Cl)c([N+](=O)[O-])c1. The highest BCUT2D eigenvalue weighted by Crippen LogP contribution is 2.30. The number of rotatable bonds is 4. The van der Waals surface area contributed by atoms with Gasteiger partial charge in [-0.2, -0.15) is 0 Å². The van der Waals surface area contributed by atoms with E-state index in [4.69, 9.17) is 11.6 Å². The summed E-state index contributed by atoms with van der Waals surface area (Å²) in [5, 5.41) is 23.1. The van der Waals surface area contributed by atoms with E-state index in [1.807, 2.05) is 0 Å². The number of hydrogen-bond donors (Lipinski definition) is 2. The Balaban J connectivity index is 2.06. The summed E-state index contributed by atoms with van der Waals surface area (Å²) in [5.41, 5.74) is -0.982. The molecule has 0 aliphatic heterocycles. The summed E-state index contributed by atoms with van der Waals surface area (Å²) >= 11 is 5.66. The fourth-order valence-electron chi connectivity index (χ4n) is 1.90. The molecule has 6 nitrogen and oxygen atoms in total. The van der Waals surface area contributed by atoms with Gasteiger partial charge in [-0.15, -0.1) is 0 Å². The van der Waals surface area contributed by atoms with Crippen molar-refractivity contribution in [1.82, 2.24) is 5.32 Å². The van der Waals surface area contributed by atoms with E-state index in [0.717, 1.165) is 12.5 Å². The zero-order chi connectivity index (χ0) is 14.0. The van der Waals surface area contributed by atoms with Crippen molar-refractivity contribution in [3.8, 4) is 0 Å². The molecule has 1 saturated carbocycles. The van der Waals surface area contributed by atoms with Gasteiger partial charge in [0.2, 0.25) is 0 Å². The third-order valence-electron chi connectivity index (χ3n) is 3.27. The van der Waals surface area contributed by atoms with E-state index >= 15 is 0 Å². The number of carbonyl (C=O) groups is 1. The standard InChI is InChI=1S/C12H13ClN2O4/c13-9-3-2-8(6-10(9)15(18)19)11(16)14-7-12(17)4-1-5-12/h2-3,6,17H,1,4-5,7H2,(H,14,16). The summed E-state index contributed by atoms with van der Waals surface area (Å²) in [4.78, 5) is 21.9. The fraction of sp³-hybridized carbons (Fsp3) is 0.417. The van der Waals surface area contributed by atoms with Crippen LogP contribution >= 0.6 is 11.6 Å². The van der Waals surface area contributed by atoms with Crippen LogP contribution in [0.1, 0.15) is 29.6 Å². The zero-order valence-corrected chi connectivity index (χ0v) is 10.8. The molecular formula is C12H13ClN2O4. The summed E-state index contributed by atoms with van der Waals surface area (Å²) in [6.45, 7) is 0.155. The second kappa shape index (κ2) is 5.14. The maximum absolute atomic E-state index is 11.8. The number of halogens is 1. The first kappa shape index (κ1) is 13.8. The second-order valence-corrected chi connectivity index (χ2v) is 5.09. The van der Waals surface area contributed by atoms with Gasteiger partial charge in [0.1, 0.15) is 5.02 Å². The molecule has 0 heterocycles. The lowest BCUT2D eigenvalue weighted by Gasteiger charge is -2.36. The normalized spacial score (nSPS) is 16.5. The van der Waals surface area contributed by atoms with Crippen LogP contribution in [0.3, 0.4) is 0 Å². The summed E-state index contributed by atoms with van der Waals surface area (Å²) in [7, 11) is 0. The number of hydrogen-bond acceptors (Lipinski definition) is 4. The van der Waals surface area contributed by atoms with Gasteiger partial charge in [-0.25, -0.2) is 0 Å². The van der Waals surface area contributed by atoms with Crippen molar-refractivity contribution >= 4 is 23.2 Å². The fourth-order valence-corrected chi connectivity index (χ4v) is 2.09. The number of aliphatic hydroxyl groups is 1. The van der Waals surface area contributed by atoms with Crippen LogP contribution < -0.4 is 5.32 Å². The maximum atomic E-state index is 11.8. The largest absolute Gasteiger partial charge is 0.388 e. The van der Waals surface area contributed by atoms with Crippen LogP contribution in [0.4, 0.5) is 5.69 Å². The lowest BCUT2D eigenvalue weighted by atomic mass is 9.80. The van der Waals surface area contributed by atoms with Gasteiger partial charge < -0.3 is 10.4 Å². The van der Waals surface area contributed by atoms with Gasteiger partial charge in [-0.3, -0.25) is 14.9 Å². The Morgan fingerprint density at radius 1 is 1.53 bits per heavy atom. The van der Waals surface area contributed by atoms with Crippen LogP contribution in [-0.4, -0.2) is 28.1 Å². The molecule has 1 fully saturated rings. The van der Waals surface area contributed by atoms with Crippen LogP contribution in [-0.2, 0) is 0 Å². The Labute approximate surface area is 114 Å². The highest BCUT2D eigenvalue weighted by molar-refractivity contribution is 6.32. The van der Waals surface area contributed by atoms with Gasteiger partial charge >= 0.3 is 0 Å². The number of nitro benzene ring substituents is 1. The lowest BCUT2D eigenvalue weighted by Crippen LogP contribution is -2.47. The minimum absolute atomic E-state index is 0.0147. The molecular weight excluding hydrogens is 272 g/mol. The molecule has 0 radical (unpaired) electrons. The molecule has 7 heteroatoms. The van der Waals surface area contributed by atoms with Gasteiger partial charge in [0.05, 0.1) is 10.5 Å². The monoisotopic (exact) mass is 284 g/mol. The van der Waals surface area contributed by atoms with Crippen LogP contribution in [0.15, 0.2) is 18.2 Å². The number of carbonyl (C=O) groups excluding carboxylic acids is 1. The van der Waals surface area contributed by atoms with Crippen molar-refractivity contribution in [1.29, 1.82) is 0 Å². The molecule has 2 N–H and O–H groups in total. The average molecular weight is 285 g/mol. The van der Waals surface area contributed by atoms with Crippen LogP contribution in [0.2, 0.25) is 5.02 Å². The lowest BCUT2D eigenvalue weighted by molar-refractivity contribution is -0.384. The quantitative estimate of drug-likeness (QED) is 0.652. The molecule has 2 rings (SSSR count). The van der Waals surface area contributed by atoms with Crippen molar-refractivity contribution in [3.63, 3.8) is 0 Å². The minimum Gasteiger partial charge on any atom is -0.388 e. The van der Waals surface area contributed by atoms with Crippen molar-refractivity contribution in [2.24, 2.45) is 0 Å². The van der Waals surface area contributed by atoms with Crippen LogP contribution in [0.25, 0.3) is 0 Å². The molecule has 102 valence electrons. The number of amides is 1. The number of nitrogens with zero attached hydrogens (tertiary/aromatic N) is 1. The third kappa shape index (κ3) is 3.02. The van der Waals surface area contributed by atoms with E-state index in [2.05, 4.69) is 5.32 Å². The van der Waals surface area contributed by atoms with Crippen LogP contribution in [0.5, 0.6) is 0 Å². The van der Waals surface area contributed by atoms with Gasteiger partial charge in [0.15, 0.2) is 0 Å². The van der Waals surface area contributed by atoms with Gasteiger partial charge in [-0.05, 0) is 31.4 Å². The summed E-state index contributed by atoms with van der Waals surface area (Å²) in [5.74, 6) is -0.458. The molecule has 1 aromatic rings. The highest BCUT2D eigenvalue weighted by Gasteiger charge is 2.34. The second-order valence-electron chi connectivity index (χ2n) is 4.68. The summed E-state index contributed by atoms with van der Waals surface area (Å²) in [6.07, 6.45) is 2.26. The first-order chi connectivity index (χ1) is 8.91. The Kier molecular flexibility index (Phi) is 3.73. The predicted octanol–water partition coefficient (Wildman–Crippen LogP) is 1.89. The van der Waals surface area contributed by atoms with E-state index in [1.54, 1.807) is 0 Å².